The number of hydrogen-bond donors (Lipinski definition) is 1. The third-order valence-corrected chi connectivity index (χ3v) is 6.30. The second-order valence-electron chi connectivity index (χ2n) is 6.62. The number of nitrogen functional groups attached to an aromatic ring is 1. The number of thiazole rings is 1. The molecule has 0 atom stereocenters. The summed E-state index contributed by atoms with van der Waals surface area (Å²) >= 11 is 2.51. The molecule has 2 heterocycles. The number of amides is 1. The van der Waals surface area contributed by atoms with Crippen LogP contribution < -0.4 is 10.7 Å². The third-order valence-electron chi connectivity index (χ3n) is 4.51. The van der Waals surface area contributed by atoms with E-state index in [1.807, 2.05) is 35.7 Å². The number of carbonyl (C=O) groups is 1. The molecule has 0 aliphatic rings. The average Bonchev–Trinajstić information content (AvgIpc) is 3.44. The maximum Gasteiger partial charge on any atom is 0.239 e. The van der Waals surface area contributed by atoms with E-state index < -0.39 is 5.82 Å². The number of carbonyl (C=O) groups excluding carboxylic acids is 1. The minimum Gasteiger partial charge on any atom is -0.335 e. The Hall–Kier alpha value is -3.50. The van der Waals surface area contributed by atoms with Crippen LogP contribution in [0.15, 0.2) is 77.8 Å². The lowest BCUT2D eigenvalue weighted by molar-refractivity contribution is -0.116. The molecule has 0 fully saturated rings. The highest BCUT2D eigenvalue weighted by Crippen LogP contribution is 2.29. The Morgan fingerprint density at radius 3 is 2.69 bits per heavy atom. The van der Waals surface area contributed by atoms with Gasteiger partial charge in [0.1, 0.15) is 5.82 Å². The molecule has 0 bridgehead atoms. The van der Waals surface area contributed by atoms with Crippen molar-refractivity contribution in [3.63, 3.8) is 0 Å². The predicted molar refractivity (Wildman–Crippen MR) is 126 cm³/mol. The monoisotopic (exact) mass is 466 g/mol. The highest BCUT2D eigenvalue weighted by atomic mass is 32.2. The molecule has 4 rings (SSSR count). The Kier molecular flexibility index (Phi) is 6.62. The summed E-state index contributed by atoms with van der Waals surface area (Å²) in [6.45, 7) is 4.06. The van der Waals surface area contributed by atoms with Crippen LogP contribution in [0, 0.1) is 5.82 Å². The standard InChI is InChI=1S/C22H19FN6OS2/c1-2-12-28(21-25-18(13-31-21)15-8-4-3-5-9-15)19(30)14-32-22-27-26-20(29(22)24)16-10-6-7-11-17(16)23/h2-11,13H,1,12,14,24H2. The second kappa shape index (κ2) is 9.75. The minimum atomic E-state index is -0.450. The van der Waals surface area contributed by atoms with Crippen LogP contribution in [-0.2, 0) is 4.79 Å². The largest absolute Gasteiger partial charge is 0.335 e. The van der Waals surface area contributed by atoms with Crippen LogP contribution in [0.5, 0.6) is 0 Å². The van der Waals surface area contributed by atoms with Gasteiger partial charge in [-0.3, -0.25) is 9.69 Å². The molecule has 162 valence electrons. The highest BCUT2D eigenvalue weighted by molar-refractivity contribution is 7.99. The van der Waals surface area contributed by atoms with Gasteiger partial charge in [-0.2, -0.15) is 0 Å². The van der Waals surface area contributed by atoms with Crippen LogP contribution in [0.4, 0.5) is 9.52 Å². The molecule has 0 aliphatic heterocycles. The quantitative estimate of drug-likeness (QED) is 0.237. The Labute approximate surface area is 192 Å². The predicted octanol–water partition coefficient (Wildman–Crippen LogP) is 4.23. The molecule has 2 aromatic carbocycles. The van der Waals surface area contributed by atoms with E-state index in [-0.39, 0.29) is 23.0 Å². The van der Waals surface area contributed by atoms with Crippen LogP contribution in [0.25, 0.3) is 22.6 Å². The number of thioether (sulfide) groups is 1. The Balaban J connectivity index is 1.48. The molecule has 0 saturated heterocycles. The molecule has 1 amide bonds. The van der Waals surface area contributed by atoms with Gasteiger partial charge < -0.3 is 5.84 Å². The van der Waals surface area contributed by atoms with E-state index in [1.54, 1.807) is 29.2 Å². The van der Waals surface area contributed by atoms with E-state index in [0.717, 1.165) is 23.0 Å². The lowest BCUT2D eigenvalue weighted by Gasteiger charge is -2.17. The fourth-order valence-corrected chi connectivity index (χ4v) is 4.54. The summed E-state index contributed by atoms with van der Waals surface area (Å²) in [7, 11) is 0. The molecular weight excluding hydrogens is 447 g/mol. The summed E-state index contributed by atoms with van der Waals surface area (Å²) in [5.41, 5.74) is 2.02. The van der Waals surface area contributed by atoms with Crippen LogP contribution >= 0.6 is 23.1 Å². The summed E-state index contributed by atoms with van der Waals surface area (Å²) < 4.78 is 15.2. The number of benzene rings is 2. The van der Waals surface area contributed by atoms with Crippen molar-refractivity contribution in [2.45, 2.75) is 5.16 Å². The van der Waals surface area contributed by atoms with Crippen LogP contribution in [-0.4, -0.2) is 38.1 Å². The van der Waals surface area contributed by atoms with Gasteiger partial charge in [0.25, 0.3) is 0 Å². The summed E-state index contributed by atoms with van der Waals surface area (Å²) in [6.07, 6.45) is 1.65. The molecular formula is C22H19FN6OS2. The van der Waals surface area contributed by atoms with Gasteiger partial charge in [-0.25, -0.2) is 14.1 Å². The minimum absolute atomic E-state index is 0.0562. The van der Waals surface area contributed by atoms with Gasteiger partial charge in [-0.05, 0) is 12.1 Å². The van der Waals surface area contributed by atoms with E-state index >= 15 is 0 Å². The molecule has 7 nitrogen and oxygen atoms in total. The summed E-state index contributed by atoms with van der Waals surface area (Å²) in [4.78, 5) is 19.1. The van der Waals surface area contributed by atoms with Crippen molar-refractivity contribution in [1.29, 1.82) is 0 Å². The van der Waals surface area contributed by atoms with Crippen LogP contribution in [0.3, 0.4) is 0 Å². The van der Waals surface area contributed by atoms with Crippen molar-refractivity contribution in [3.8, 4) is 22.6 Å². The topological polar surface area (TPSA) is 89.9 Å². The second-order valence-corrected chi connectivity index (χ2v) is 8.40. The molecule has 0 spiro atoms. The summed E-state index contributed by atoms with van der Waals surface area (Å²) in [5.74, 6) is 5.67. The fraction of sp³-hybridized carbons (Fsp3) is 0.0909. The van der Waals surface area contributed by atoms with E-state index in [2.05, 4.69) is 21.8 Å². The highest BCUT2D eigenvalue weighted by Gasteiger charge is 2.21. The van der Waals surface area contributed by atoms with Crippen LogP contribution in [0.1, 0.15) is 0 Å². The molecule has 0 saturated carbocycles. The van der Waals surface area contributed by atoms with E-state index in [0.29, 0.717) is 16.8 Å². The maximum atomic E-state index is 14.1. The van der Waals surface area contributed by atoms with Crippen molar-refractivity contribution in [3.05, 3.63) is 78.4 Å². The zero-order valence-electron chi connectivity index (χ0n) is 16.9. The van der Waals surface area contributed by atoms with E-state index in [9.17, 15) is 9.18 Å². The SMILES string of the molecule is C=CCN(C(=O)CSc1nnc(-c2ccccc2F)n1N)c1nc(-c2ccccc2)cs1. The Morgan fingerprint density at radius 2 is 1.94 bits per heavy atom. The normalized spacial score (nSPS) is 10.8. The molecule has 0 aliphatic carbocycles. The maximum absolute atomic E-state index is 14.1. The number of rotatable bonds is 8. The number of nitrogens with two attached hydrogens (primary N) is 1. The average molecular weight is 467 g/mol. The molecule has 2 N–H and O–H groups in total. The summed E-state index contributed by atoms with van der Waals surface area (Å²) in [6, 6.07) is 15.9. The lowest BCUT2D eigenvalue weighted by atomic mass is 10.2. The van der Waals surface area contributed by atoms with Gasteiger partial charge in [-0.15, -0.1) is 28.1 Å². The molecule has 10 heteroatoms. The van der Waals surface area contributed by atoms with Gasteiger partial charge in [0, 0.05) is 17.5 Å². The molecule has 4 aromatic rings. The van der Waals surface area contributed by atoms with E-state index in [4.69, 9.17) is 5.84 Å². The molecule has 32 heavy (non-hydrogen) atoms. The van der Waals surface area contributed by atoms with Gasteiger partial charge >= 0.3 is 0 Å². The Morgan fingerprint density at radius 1 is 1.19 bits per heavy atom. The first-order valence-electron chi connectivity index (χ1n) is 9.59. The first kappa shape index (κ1) is 21.7. The lowest BCUT2D eigenvalue weighted by Crippen LogP contribution is -2.32. The fourth-order valence-electron chi connectivity index (χ4n) is 2.95. The summed E-state index contributed by atoms with van der Waals surface area (Å²) in [5, 5.41) is 10.8. The van der Waals surface area contributed by atoms with Crippen molar-refractivity contribution in [2.24, 2.45) is 0 Å². The van der Waals surface area contributed by atoms with Gasteiger partial charge in [0.2, 0.25) is 11.1 Å². The smallest absolute Gasteiger partial charge is 0.239 e. The number of anilines is 1. The number of hydrogen-bond acceptors (Lipinski definition) is 7. The van der Waals surface area contributed by atoms with Crippen molar-refractivity contribution in [2.75, 3.05) is 23.0 Å². The number of aromatic nitrogens is 4. The zero-order chi connectivity index (χ0) is 22.5. The third kappa shape index (κ3) is 4.56. The first-order chi connectivity index (χ1) is 15.6. The van der Waals surface area contributed by atoms with Gasteiger partial charge in [-0.1, -0.05) is 60.3 Å². The van der Waals surface area contributed by atoms with E-state index in [1.165, 1.54) is 22.1 Å². The van der Waals surface area contributed by atoms with Crippen LogP contribution in [0.2, 0.25) is 0 Å². The molecule has 2 aromatic heterocycles. The first-order valence-corrected chi connectivity index (χ1v) is 11.5. The van der Waals surface area contributed by atoms with Gasteiger partial charge in [0.15, 0.2) is 11.0 Å². The molecule has 0 radical (unpaired) electrons. The van der Waals surface area contributed by atoms with Crippen molar-refractivity contribution >= 4 is 34.1 Å². The molecule has 0 unspecified atom stereocenters. The van der Waals surface area contributed by atoms with Crippen molar-refractivity contribution in [1.82, 2.24) is 19.9 Å². The van der Waals surface area contributed by atoms with Crippen molar-refractivity contribution < 1.29 is 9.18 Å². The van der Waals surface area contributed by atoms with Gasteiger partial charge in [0.05, 0.1) is 17.0 Å². The zero-order valence-corrected chi connectivity index (χ0v) is 18.5. The number of nitrogens with zero attached hydrogens (tertiary/aromatic N) is 5. The number of halogens is 1. The Bertz CT molecular complexity index is 1240.